The second-order valence-electron chi connectivity index (χ2n) is 3.38. The van der Waals surface area contributed by atoms with Crippen molar-refractivity contribution in [3.63, 3.8) is 0 Å². The number of nitrogens with two attached hydrogens (primary N) is 1. The molecule has 1 heterocycles. The van der Waals surface area contributed by atoms with Crippen LogP contribution in [0.3, 0.4) is 0 Å². The maximum atomic E-state index is 8.78. The Kier molecular flexibility index (Phi) is 5.11. The van der Waals surface area contributed by atoms with E-state index in [1.807, 2.05) is 6.07 Å². The second-order valence-corrected chi connectivity index (χ2v) is 4.36. The summed E-state index contributed by atoms with van der Waals surface area (Å²) in [4.78, 5) is 1.26. The zero-order chi connectivity index (χ0) is 10.4. The molecular weight excluding hydrogens is 196 g/mol. The van der Waals surface area contributed by atoms with E-state index in [0.29, 0.717) is 12.6 Å². The Morgan fingerprint density at radius 3 is 2.93 bits per heavy atom. The van der Waals surface area contributed by atoms with Gasteiger partial charge in [0.15, 0.2) is 0 Å². The molecule has 0 aliphatic rings. The SMILES string of the molecule is CC(CCO)NC(CN)c1cccs1. The van der Waals surface area contributed by atoms with Crippen molar-refractivity contribution < 1.29 is 5.11 Å². The average molecular weight is 214 g/mol. The minimum Gasteiger partial charge on any atom is -0.396 e. The third-order valence-electron chi connectivity index (χ3n) is 2.17. The summed E-state index contributed by atoms with van der Waals surface area (Å²) in [7, 11) is 0. The van der Waals surface area contributed by atoms with Gasteiger partial charge in [-0.2, -0.15) is 0 Å². The summed E-state index contributed by atoms with van der Waals surface area (Å²) >= 11 is 1.71. The van der Waals surface area contributed by atoms with Crippen LogP contribution in [0.5, 0.6) is 0 Å². The van der Waals surface area contributed by atoms with Crippen molar-refractivity contribution in [3.8, 4) is 0 Å². The fourth-order valence-electron chi connectivity index (χ4n) is 1.38. The predicted octanol–water partition coefficient (Wildman–Crippen LogP) is 1.11. The van der Waals surface area contributed by atoms with E-state index in [2.05, 4.69) is 23.7 Å². The van der Waals surface area contributed by atoms with Crippen LogP contribution in [0.2, 0.25) is 0 Å². The minimum absolute atomic E-state index is 0.218. The number of hydrogen-bond acceptors (Lipinski definition) is 4. The van der Waals surface area contributed by atoms with E-state index < -0.39 is 0 Å². The first-order valence-electron chi connectivity index (χ1n) is 4.88. The molecule has 1 aromatic heterocycles. The van der Waals surface area contributed by atoms with Gasteiger partial charge < -0.3 is 16.2 Å². The lowest BCUT2D eigenvalue weighted by Gasteiger charge is -2.20. The molecule has 0 bridgehead atoms. The molecule has 0 saturated heterocycles. The maximum Gasteiger partial charge on any atom is 0.0541 e. The Balaban J connectivity index is 2.47. The molecule has 0 spiro atoms. The van der Waals surface area contributed by atoms with Crippen LogP contribution >= 0.6 is 11.3 Å². The normalized spacial score (nSPS) is 15.4. The first kappa shape index (κ1) is 11.7. The first-order valence-corrected chi connectivity index (χ1v) is 5.76. The molecule has 14 heavy (non-hydrogen) atoms. The van der Waals surface area contributed by atoms with Gasteiger partial charge in [-0.3, -0.25) is 0 Å². The number of thiophene rings is 1. The molecule has 0 aliphatic carbocycles. The van der Waals surface area contributed by atoms with Crippen LogP contribution in [0.15, 0.2) is 17.5 Å². The molecule has 1 rings (SSSR count). The number of hydrogen-bond donors (Lipinski definition) is 3. The Morgan fingerprint density at radius 1 is 1.64 bits per heavy atom. The summed E-state index contributed by atoms with van der Waals surface area (Å²) in [5, 5.41) is 14.2. The van der Waals surface area contributed by atoms with Gasteiger partial charge >= 0.3 is 0 Å². The molecule has 0 saturated carbocycles. The third-order valence-corrected chi connectivity index (χ3v) is 3.16. The van der Waals surface area contributed by atoms with Crippen LogP contribution < -0.4 is 11.1 Å². The van der Waals surface area contributed by atoms with E-state index in [9.17, 15) is 0 Å². The maximum absolute atomic E-state index is 8.78. The standard InChI is InChI=1S/C10H18N2OS/c1-8(4-5-13)12-9(7-11)10-3-2-6-14-10/h2-3,6,8-9,12-13H,4-5,7,11H2,1H3. The Labute approximate surface area is 88.9 Å². The Morgan fingerprint density at radius 2 is 2.43 bits per heavy atom. The van der Waals surface area contributed by atoms with Crippen LogP contribution in [-0.2, 0) is 0 Å². The van der Waals surface area contributed by atoms with Gasteiger partial charge in [0.2, 0.25) is 0 Å². The molecule has 0 amide bonds. The van der Waals surface area contributed by atoms with Gasteiger partial charge in [0, 0.05) is 24.1 Å². The highest BCUT2D eigenvalue weighted by Crippen LogP contribution is 2.18. The quantitative estimate of drug-likeness (QED) is 0.665. The van der Waals surface area contributed by atoms with Crippen LogP contribution in [0.25, 0.3) is 0 Å². The van der Waals surface area contributed by atoms with Crippen molar-refractivity contribution in [1.29, 1.82) is 0 Å². The minimum atomic E-state index is 0.218. The highest BCUT2D eigenvalue weighted by molar-refractivity contribution is 7.10. The van der Waals surface area contributed by atoms with Gasteiger partial charge in [-0.05, 0) is 24.8 Å². The largest absolute Gasteiger partial charge is 0.396 e. The monoisotopic (exact) mass is 214 g/mol. The predicted molar refractivity (Wildman–Crippen MR) is 60.4 cm³/mol. The topological polar surface area (TPSA) is 58.3 Å². The molecule has 0 fully saturated rings. The number of rotatable bonds is 6. The van der Waals surface area contributed by atoms with E-state index in [4.69, 9.17) is 10.8 Å². The van der Waals surface area contributed by atoms with Gasteiger partial charge in [0.25, 0.3) is 0 Å². The van der Waals surface area contributed by atoms with E-state index in [1.165, 1.54) is 4.88 Å². The fraction of sp³-hybridized carbons (Fsp3) is 0.600. The zero-order valence-electron chi connectivity index (χ0n) is 8.44. The van der Waals surface area contributed by atoms with E-state index in [-0.39, 0.29) is 12.6 Å². The molecule has 2 atom stereocenters. The Bertz CT molecular complexity index is 238. The molecule has 2 unspecified atom stereocenters. The fourth-order valence-corrected chi connectivity index (χ4v) is 2.18. The molecule has 0 aromatic carbocycles. The highest BCUT2D eigenvalue weighted by Gasteiger charge is 2.12. The molecule has 0 aliphatic heterocycles. The van der Waals surface area contributed by atoms with Gasteiger partial charge in [-0.15, -0.1) is 11.3 Å². The molecule has 3 nitrogen and oxygen atoms in total. The lowest BCUT2D eigenvalue weighted by Crippen LogP contribution is -2.35. The number of aliphatic hydroxyl groups excluding tert-OH is 1. The molecule has 1 aromatic rings. The summed E-state index contributed by atoms with van der Waals surface area (Å²) in [6, 6.07) is 4.63. The van der Waals surface area contributed by atoms with E-state index >= 15 is 0 Å². The van der Waals surface area contributed by atoms with Gasteiger partial charge in [-0.25, -0.2) is 0 Å². The highest BCUT2D eigenvalue weighted by atomic mass is 32.1. The summed E-state index contributed by atoms with van der Waals surface area (Å²) in [6.45, 7) is 2.87. The van der Waals surface area contributed by atoms with E-state index in [0.717, 1.165) is 6.42 Å². The first-order chi connectivity index (χ1) is 6.77. The van der Waals surface area contributed by atoms with Crippen molar-refractivity contribution in [2.75, 3.05) is 13.2 Å². The number of nitrogens with one attached hydrogen (secondary N) is 1. The van der Waals surface area contributed by atoms with Crippen molar-refractivity contribution in [3.05, 3.63) is 22.4 Å². The Hall–Kier alpha value is -0.420. The van der Waals surface area contributed by atoms with Crippen LogP contribution in [0.4, 0.5) is 0 Å². The summed E-state index contributed by atoms with van der Waals surface area (Å²) < 4.78 is 0. The molecule has 80 valence electrons. The van der Waals surface area contributed by atoms with Crippen molar-refractivity contribution in [1.82, 2.24) is 5.32 Å². The average Bonchev–Trinajstić information content (AvgIpc) is 2.67. The molecule has 4 heteroatoms. The summed E-state index contributed by atoms with van der Waals surface area (Å²) in [5.41, 5.74) is 5.69. The van der Waals surface area contributed by atoms with Crippen LogP contribution in [0.1, 0.15) is 24.3 Å². The van der Waals surface area contributed by atoms with Crippen LogP contribution in [-0.4, -0.2) is 24.3 Å². The molecule has 0 radical (unpaired) electrons. The summed E-state index contributed by atoms with van der Waals surface area (Å²) in [5.74, 6) is 0. The van der Waals surface area contributed by atoms with Crippen molar-refractivity contribution in [2.45, 2.75) is 25.4 Å². The van der Waals surface area contributed by atoms with Gasteiger partial charge in [-0.1, -0.05) is 6.07 Å². The second kappa shape index (κ2) is 6.14. The van der Waals surface area contributed by atoms with Crippen molar-refractivity contribution >= 4 is 11.3 Å². The smallest absolute Gasteiger partial charge is 0.0541 e. The number of aliphatic hydroxyl groups is 1. The van der Waals surface area contributed by atoms with Crippen LogP contribution in [0, 0.1) is 0 Å². The summed E-state index contributed by atoms with van der Waals surface area (Å²) in [6.07, 6.45) is 0.766. The van der Waals surface area contributed by atoms with Crippen molar-refractivity contribution in [2.24, 2.45) is 5.73 Å². The molecule has 4 N–H and O–H groups in total. The lowest BCUT2D eigenvalue weighted by atomic mass is 10.2. The van der Waals surface area contributed by atoms with Gasteiger partial charge in [0.05, 0.1) is 6.04 Å². The molecular formula is C10H18N2OS. The zero-order valence-corrected chi connectivity index (χ0v) is 9.26. The lowest BCUT2D eigenvalue weighted by molar-refractivity contribution is 0.264. The van der Waals surface area contributed by atoms with E-state index in [1.54, 1.807) is 11.3 Å². The van der Waals surface area contributed by atoms with Gasteiger partial charge in [0.1, 0.15) is 0 Å². The third kappa shape index (κ3) is 3.38.